The number of hydrogen-bond acceptors (Lipinski definition) is 5. The van der Waals surface area contributed by atoms with Crippen LogP contribution in [0.2, 0.25) is 0 Å². The van der Waals surface area contributed by atoms with Crippen molar-refractivity contribution in [2.45, 2.75) is 45.1 Å². The van der Waals surface area contributed by atoms with E-state index in [4.69, 9.17) is 5.73 Å². The van der Waals surface area contributed by atoms with Crippen molar-refractivity contribution in [2.24, 2.45) is 5.73 Å². The van der Waals surface area contributed by atoms with E-state index in [0.717, 1.165) is 63.4 Å². The molecule has 0 bridgehead atoms. The number of nitrogens with two attached hydrogens (primary N) is 1. The summed E-state index contributed by atoms with van der Waals surface area (Å²) in [5, 5.41) is 3.61. The lowest BCUT2D eigenvalue weighted by Gasteiger charge is -2.36. The van der Waals surface area contributed by atoms with E-state index < -0.39 is 11.7 Å². The summed E-state index contributed by atoms with van der Waals surface area (Å²) in [5.74, 6) is 0. The third-order valence-corrected chi connectivity index (χ3v) is 5.93. The zero-order valence-corrected chi connectivity index (χ0v) is 18.7. The largest absolute Gasteiger partial charge is 0.416 e. The zero-order valence-electron chi connectivity index (χ0n) is 18.7. The fraction of sp³-hybridized carbons (Fsp3) is 0.542. The van der Waals surface area contributed by atoms with Gasteiger partial charge in [0.05, 0.1) is 11.3 Å². The first-order valence-corrected chi connectivity index (χ1v) is 11.3. The van der Waals surface area contributed by atoms with Gasteiger partial charge in [0.25, 0.3) is 0 Å². The summed E-state index contributed by atoms with van der Waals surface area (Å²) >= 11 is 0. The summed E-state index contributed by atoms with van der Waals surface area (Å²) in [6.45, 7) is 8.69. The molecule has 1 saturated heterocycles. The number of benzene rings is 1. The number of rotatable bonds is 10. The Morgan fingerprint density at radius 2 is 1.97 bits per heavy atom. The van der Waals surface area contributed by atoms with Crippen LogP contribution in [0.1, 0.15) is 35.2 Å². The summed E-state index contributed by atoms with van der Waals surface area (Å²) in [6.07, 6.45) is -0.413. The van der Waals surface area contributed by atoms with Crippen LogP contribution in [0.5, 0.6) is 0 Å². The molecule has 0 spiro atoms. The van der Waals surface area contributed by atoms with Crippen molar-refractivity contribution in [1.82, 2.24) is 20.1 Å². The number of nitrogens with one attached hydrogen (secondary N) is 1. The summed E-state index contributed by atoms with van der Waals surface area (Å²) in [6, 6.07) is 9.85. The molecule has 1 aliphatic rings. The Bertz CT molecular complexity index is 825. The minimum absolute atomic E-state index is 0.292. The molecule has 1 fully saturated rings. The quantitative estimate of drug-likeness (QED) is 0.545. The van der Waals surface area contributed by atoms with Gasteiger partial charge >= 0.3 is 6.18 Å². The lowest BCUT2D eigenvalue weighted by molar-refractivity contribution is -0.137. The molecule has 2 aromatic rings. The normalized spacial score (nSPS) is 17.8. The van der Waals surface area contributed by atoms with Crippen LogP contribution in [-0.2, 0) is 19.3 Å². The first-order valence-electron chi connectivity index (χ1n) is 11.3. The number of hydrogen-bond donors (Lipinski definition) is 2. The molecule has 0 saturated carbocycles. The van der Waals surface area contributed by atoms with E-state index in [1.807, 2.05) is 12.3 Å². The Kier molecular flexibility index (Phi) is 9.04. The van der Waals surface area contributed by atoms with Crippen LogP contribution >= 0.6 is 0 Å². The van der Waals surface area contributed by atoms with Crippen molar-refractivity contribution in [3.05, 3.63) is 65.0 Å². The molecular weight excluding hydrogens is 415 g/mol. The molecule has 0 amide bonds. The molecule has 1 aliphatic heterocycles. The number of pyridine rings is 1. The molecule has 2 heterocycles. The summed E-state index contributed by atoms with van der Waals surface area (Å²) in [4.78, 5) is 9.31. The summed E-state index contributed by atoms with van der Waals surface area (Å²) in [7, 11) is 0. The Labute approximate surface area is 188 Å². The highest BCUT2D eigenvalue weighted by molar-refractivity contribution is 5.24. The maximum Gasteiger partial charge on any atom is 0.416 e. The average molecular weight is 450 g/mol. The lowest BCUT2D eigenvalue weighted by Crippen LogP contribution is -2.54. The van der Waals surface area contributed by atoms with Gasteiger partial charge in [0, 0.05) is 51.5 Å². The number of alkyl halides is 3. The van der Waals surface area contributed by atoms with Crippen molar-refractivity contribution < 1.29 is 13.2 Å². The molecule has 1 aromatic carbocycles. The third kappa shape index (κ3) is 7.55. The van der Waals surface area contributed by atoms with Gasteiger partial charge in [-0.2, -0.15) is 13.2 Å². The first-order chi connectivity index (χ1) is 15.3. The summed E-state index contributed by atoms with van der Waals surface area (Å²) < 4.78 is 38.4. The number of halogens is 3. The second-order valence-corrected chi connectivity index (χ2v) is 8.58. The SMILES string of the molecule is Cc1cccnc1CN(CCCCN)C[C@H]1CN(Cc2ccc(C(F)(F)F)cc2)CCN1. The second kappa shape index (κ2) is 11.7. The highest BCUT2D eigenvalue weighted by atomic mass is 19.4. The lowest BCUT2D eigenvalue weighted by atomic mass is 10.1. The average Bonchev–Trinajstić information content (AvgIpc) is 2.75. The van der Waals surface area contributed by atoms with E-state index in [1.165, 1.54) is 17.7 Å². The van der Waals surface area contributed by atoms with Crippen LogP contribution in [0, 0.1) is 6.92 Å². The van der Waals surface area contributed by atoms with Gasteiger partial charge in [-0.05, 0) is 62.2 Å². The van der Waals surface area contributed by atoms with Crippen LogP contribution in [0.25, 0.3) is 0 Å². The molecule has 0 radical (unpaired) electrons. The van der Waals surface area contributed by atoms with E-state index in [-0.39, 0.29) is 0 Å². The first kappa shape index (κ1) is 24.6. The molecule has 8 heteroatoms. The molecule has 1 aromatic heterocycles. The smallest absolute Gasteiger partial charge is 0.330 e. The van der Waals surface area contributed by atoms with E-state index in [1.54, 1.807) is 12.1 Å². The number of aromatic nitrogens is 1. The van der Waals surface area contributed by atoms with Gasteiger partial charge in [-0.15, -0.1) is 0 Å². The standard InChI is InChI=1S/C24H34F3N5/c1-19-5-4-11-30-23(19)18-31(13-3-2-10-28)16-22-17-32(14-12-29-22)15-20-6-8-21(9-7-20)24(25,26)27/h4-9,11,22,29H,2-3,10,12-18,28H2,1H3/t22-/m0/s1. The molecule has 5 nitrogen and oxygen atoms in total. The predicted octanol–water partition coefficient (Wildman–Crippen LogP) is 3.42. The highest BCUT2D eigenvalue weighted by Crippen LogP contribution is 2.29. The van der Waals surface area contributed by atoms with E-state index >= 15 is 0 Å². The van der Waals surface area contributed by atoms with Crippen LogP contribution < -0.4 is 11.1 Å². The Morgan fingerprint density at radius 3 is 2.66 bits per heavy atom. The molecule has 32 heavy (non-hydrogen) atoms. The van der Waals surface area contributed by atoms with Gasteiger partial charge in [0.15, 0.2) is 0 Å². The van der Waals surface area contributed by atoms with Gasteiger partial charge in [-0.25, -0.2) is 0 Å². The van der Waals surface area contributed by atoms with E-state index in [9.17, 15) is 13.2 Å². The molecule has 3 N–H and O–H groups in total. The fourth-order valence-corrected chi connectivity index (χ4v) is 4.14. The third-order valence-electron chi connectivity index (χ3n) is 5.93. The van der Waals surface area contributed by atoms with Crippen LogP contribution in [0.3, 0.4) is 0 Å². The monoisotopic (exact) mass is 449 g/mol. The van der Waals surface area contributed by atoms with Crippen LogP contribution in [0.4, 0.5) is 13.2 Å². The van der Waals surface area contributed by atoms with Crippen molar-refractivity contribution in [3.8, 4) is 0 Å². The Morgan fingerprint density at radius 1 is 1.19 bits per heavy atom. The van der Waals surface area contributed by atoms with Crippen molar-refractivity contribution in [1.29, 1.82) is 0 Å². The zero-order chi connectivity index (χ0) is 23.0. The van der Waals surface area contributed by atoms with Gasteiger partial charge in [0.1, 0.15) is 0 Å². The molecule has 0 aliphatic carbocycles. The molecule has 3 rings (SSSR count). The fourth-order valence-electron chi connectivity index (χ4n) is 4.14. The highest BCUT2D eigenvalue weighted by Gasteiger charge is 2.30. The number of unbranched alkanes of at least 4 members (excludes halogenated alkanes) is 1. The van der Waals surface area contributed by atoms with Gasteiger partial charge in [-0.3, -0.25) is 14.8 Å². The van der Waals surface area contributed by atoms with E-state index in [0.29, 0.717) is 19.1 Å². The number of nitrogens with zero attached hydrogens (tertiary/aromatic N) is 3. The van der Waals surface area contributed by atoms with Crippen molar-refractivity contribution in [3.63, 3.8) is 0 Å². The molecule has 1 atom stereocenters. The minimum Gasteiger partial charge on any atom is -0.330 e. The van der Waals surface area contributed by atoms with Crippen LogP contribution in [-0.4, -0.2) is 60.1 Å². The number of piperazine rings is 1. The maximum absolute atomic E-state index is 12.8. The van der Waals surface area contributed by atoms with Gasteiger partial charge in [0.2, 0.25) is 0 Å². The van der Waals surface area contributed by atoms with Crippen molar-refractivity contribution in [2.75, 3.05) is 39.3 Å². The Hall–Kier alpha value is -2.00. The predicted molar refractivity (Wildman–Crippen MR) is 121 cm³/mol. The Balaban J connectivity index is 1.58. The molecular formula is C24H34F3N5. The summed E-state index contributed by atoms with van der Waals surface area (Å²) in [5.41, 5.74) is 8.28. The molecule has 0 unspecified atom stereocenters. The van der Waals surface area contributed by atoms with Gasteiger partial charge in [-0.1, -0.05) is 18.2 Å². The number of aryl methyl sites for hydroxylation is 1. The topological polar surface area (TPSA) is 57.4 Å². The van der Waals surface area contributed by atoms with Crippen molar-refractivity contribution >= 4 is 0 Å². The maximum atomic E-state index is 12.8. The van der Waals surface area contributed by atoms with Crippen LogP contribution in [0.15, 0.2) is 42.6 Å². The molecule has 176 valence electrons. The van der Waals surface area contributed by atoms with Gasteiger partial charge < -0.3 is 11.1 Å². The van der Waals surface area contributed by atoms with E-state index in [2.05, 4.69) is 33.1 Å². The second-order valence-electron chi connectivity index (χ2n) is 8.58. The minimum atomic E-state index is -4.29.